The molecule has 3 N–H and O–H groups in total. The van der Waals surface area contributed by atoms with Crippen LogP contribution in [0.15, 0.2) is 171 Å². The summed E-state index contributed by atoms with van der Waals surface area (Å²) in [5.74, 6) is -0.783. The Morgan fingerprint density at radius 3 is 1.56 bits per heavy atom. The summed E-state index contributed by atoms with van der Waals surface area (Å²) in [7, 11) is 2.71. The maximum absolute atomic E-state index is 12.1. The standard InChI is InChI=1S/C24H17NO3.C16H9BrO.C8H9NO2/c1-27-24(26)19-9-4-5-11-20(19)25-21-12-6-10-17-18-14-13-15-7-2-3-8-16(15)22(18)28-23(17)21;17-14-7-3-6-12-13-9-8-10-4-1-2-5-11(10)15(13)18-16(12)14;1-11-8(10)6-4-2-3-5-7(6)9/h2-14,25H,1H3;1-9H;2-5H,9H2,1H3. The first-order chi connectivity index (χ1) is 27.9. The highest BCUT2D eigenvalue weighted by molar-refractivity contribution is 9.10. The highest BCUT2D eigenvalue weighted by Crippen LogP contribution is 2.39. The van der Waals surface area contributed by atoms with Crippen molar-refractivity contribution in [3.8, 4) is 0 Å². The number of nitrogens with one attached hydrogen (secondary N) is 1. The molecule has 0 aliphatic rings. The molecule has 9 heteroatoms. The van der Waals surface area contributed by atoms with E-state index in [2.05, 4.69) is 80.6 Å². The van der Waals surface area contributed by atoms with E-state index >= 15 is 0 Å². The fourth-order valence-corrected chi connectivity index (χ4v) is 7.38. The smallest absolute Gasteiger partial charge is 0.339 e. The molecule has 57 heavy (non-hydrogen) atoms. The molecule has 0 bridgehead atoms. The summed E-state index contributed by atoms with van der Waals surface area (Å²) in [6.45, 7) is 0. The lowest BCUT2D eigenvalue weighted by molar-refractivity contribution is 0.0593. The average Bonchev–Trinajstić information content (AvgIpc) is 3.85. The molecule has 0 aliphatic carbocycles. The van der Waals surface area contributed by atoms with E-state index in [1.807, 2.05) is 72.8 Å². The minimum atomic E-state index is -0.400. The van der Waals surface area contributed by atoms with E-state index < -0.39 is 5.97 Å². The molecular weight excluding hydrogens is 780 g/mol. The Morgan fingerprint density at radius 1 is 0.474 bits per heavy atom. The van der Waals surface area contributed by atoms with Crippen molar-refractivity contribution in [3.63, 3.8) is 0 Å². The van der Waals surface area contributed by atoms with Gasteiger partial charge in [0.15, 0.2) is 5.58 Å². The maximum Gasteiger partial charge on any atom is 0.339 e. The van der Waals surface area contributed by atoms with Crippen molar-refractivity contribution in [2.75, 3.05) is 25.3 Å². The van der Waals surface area contributed by atoms with Gasteiger partial charge in [-0.1, -0.05) is 109 Å². The second-order valence-electron chi connectivity index (χ2n) is 13.1. The molecule has 0 fully saturated rings. The molecule has 0 atom stereocenters. The molecule has 8 nitrogen and oxygen atoms in total. The van der Waals surface area contributed by atoms with Crippen LogP contribution in [0.2, 0.25) is 0 Å². The Bertz CT molecular complexity index is 3110. The number of nitrogens with two attached hydrogens (primary N) is 1. The van der Waals surface area contributed by atoms with E-state index in [1.54, 1.807) is 30.3 Å². The van der Waals surface area contributed by atoms with Gasteiger partial charge in [-0.05, 0) is 75.2 Å². The number of esters is 2. The number of hydrogen-bond acceptors (Lipinski definition) is 8. The van der Waals surface area contributed by atoms with Gasteiger partial charge in [-0.15, -0.1) is 0 Å². The van der Waals surface area contributed by atoms with Gasteiger partial charge in [-0.25, -0.2) is 9.59 Å². The summed E-state index contributed by atoms with van der Waals surface area (Å²) >= 11 is 3.55. The molecular formula is C48H35BrN2O6. The van der Waals surface area contributed by atoms with Gasteiger partial charge >= 0.3 is 11.9 Å². The van der Waals surface area contributed by atoms with Crippen molar-refractivity contribution in [1.82, 2.24) is 0 Å². The van der Waals surface area contributed by atoms with Gasteiger partial charge < -0.3 is 29.4 Å². The highest BCUT2D eigenvalue weighted by atomic mass is 79.9. The third-order valence-corrected chi connectivity index (χ3v) is 10.3. The minimum Gasteiger partial charge on any atom is -0.465 e. The lowest BCUT2D eigenvalue weighted by Crippen LogP contribution is -2.05. The number of halogens is 1. The monoisotopic (exact) mass is 814 g/mol. The topological polar surface area (TPSA) is 117 Å². The molecule has 10 rings (SSSR count). The first-order valence-corrected chi connectivity index (χ1v) is 18.8. The van der Waals surface area contributed by atoms with Crippen LogP contribution in [0.25, 0.3) is 65.4 Å². The number of methoxy groups -OCH3 is 2. The molecule has 0 spiro atoms. The largest absolute Gasteiger partial charge is 0.465 e. The van der Waals surface area contributed by atoms with E-state index in [1.165, 1.54) is 25.0 Å². The summed E-state index contributed by atoms with van der Waals surface area (Å²) in [5.41, 5.74) is 11.8. The average molecular weight is 816 g/mol. The predicted molar refractivity (Wildman–Crippen MR) is 233 cm³/mol. The van der Waals surface area contributed by atoms with Crippen LogP contribution in [-0.2, 0) is 9.47 Å². The molecule has 0 saturated heterocycles. The number of anilines is 3. The Balaban J connectivity index is 0.000000134. The van der Waals surface area contributed by atoms with Gasteiger partial charge in [-0.3, -0.25) is 0 Å². The van der Waals surface area contributed by atoms with Gasteiger partial charge in [0, 0.05) is 38.0 Å². The SMILES string of the molecule is Brc1cccc2c1oc1c3ccccc3ccc21.COC(=O)c1ccccc1N.COC(=O)c1ccccc1Nc1cccc2c1oc1c3ccccc3ccc21. The Labute approximate surface area is 335 Å². The van der Waals surface area contributed by atoms with Crippen LogP contribution in [0.5, 0.6) is 0 Å². The van der Waals surface area contributed by atoms with Crippen molar-refractivity contribution >= 4 is 110 Å². The van der Waals surface area contributed by atoms with Gasteiger partial charge in [-0.2, -0.15) is 0 Å². The second kappa shape index (κ2) is 15.9. The Morgan fingerprint density at radius 2 is 0.930 bits per heavy atom. The second-order valence-corrected chi connectivity index (χ2v) is 13.9. The van der Waals surface area contributed by atoms with Crippen molar-refractivity contribution in [3.05, 3.63) is 173 Å². The molecule has 280 valence electrons. The van der Waals surface area contributed by atoms with Gasteiger partial charge in [0.05, 0.1) is 41.2 Å². The lowest BCUT2D eigenvalue weighted by Gasteiger charge is -2.10. The third-order valence-electron chi connectivity index (χ3n) is 9.70. The Kier molecular flexibility index (Phi) is 10.3. The molecule has 0 saturated carbocycles. The number of fused-ring (bicyclic) bond motifs is 10. The zero-order valence-corrected chi connectivity index (χ0v) is 32.5. The number of carbonyl (C=O) groups excluding carboxylic acids is 2. The summed E-state index contributed by atoms with van der Waals surface area (Å²) in [6.07, 6.45) is 0. The number of ether oxygens (including phenoxy) is 2. The highest BCUT2D eigenvalue weighted by Gasteiger charge is 2.16. The first kappa shape index (κ1) is 36.9. The fourth-order valence-electron chi connectivity index (χ4n) is 6.93. The van der Waals surface area contributed by atoms with Gasteiger partial charge in [0.1, 0.15) is 16.7 Å². The Hall–Kier alpha value is -7.10. The van der Waals surface area contributed by atoms with Crippen molar-refractivity contribution in [2.45, 2.75) is 0 Å². The first-order valence-electron chi connectivity index (χ1n) is 18.0. The summed E-state index contributed by atoms with van der Waals surface area (Å²) in [5, 5.41) is 12.4. The van der Waals surface area contributed by atoms with Gasteiger partial charge in [0.25, 0.3) is 0 Å². The zero-order valence-electron chi connectivity index (χ0n) is 30.9. The van der Waals surface area contributed by atoms with Crippen LogP contribution in [0.4, 0.5) is 17.1 Å². The molecule has 0 aliphatic heterocycles. The maximum atomic E-state index is 12.1. The van der Waals surface area contributed by atoms with Crippen molar-refractivity contribution in [1.29, 1.82) is 0 Å². The number of nitrogen functional groups attached to an aromatic ring is 1. The third kappa shape index (κ3) is 7.12. The van der Waals surface area contributed by atoms with E-state index in [4.69, 9.17) is 19.3 Å². The van der Waals surface area contributed by atoms with Crippen LogP contribution in [0, 0.1) is 0 Å². The van der Waals surface area contributed by atoms with Crippen LogP contribution >= 0.6 is 15.9 Å². The van der Waals surface area contributed by atoms with E-state index in [0.717, 1.165) is 64.8 Å². The quantitative estimate of drug-likeness (QED) is 0.133. The number of rotatable bonds is 4. The fraction of sp³-hybridized carbons (Fsp3) is 0.0417. The number of para-hydroxylation sites is 4. The molecule has 10 aromatic rings. The van der Waals surface area contributed by atoms with Crippen LogP contribution in [-0.4, -0.2) is 26.2 Å². The normalized spacial score (nSPS) is 10.9. The van der Waals surface area contributed by atoms with Gasteiger partial charge in [0.2, 0.25) is 0 Å². The number of benzene rings is 8. The minimum absolute atomic E-state index is 0.383. The summed E-state index contributed by atoms with van der Waals surface area (Å²) < 4.78 is 22.8. The van der Waals surface area contributed by atoms with Crippen molar-refractivity contribution < 1.29 is 27.9 Å². The number of hydrogen-bond donors (Lipinski definition) is 2. The molecule has 0 radical (unpaired) electrons. The lowest BCUT2D eigenvalue weighted by atomic mass is 10.1. The number of furan rings is 2. The van der Waals surface area contributed by atoms with Crippen LogP contribution < -0.4 is 11.1 Å². The summed E-state index contributed by atoms with van der Waals surface area (Å²) in [6, 6.07) is 51.2. The van der Waals surface area contributed by atoms with Crippen LogP contribution in [0.3, 0.4) is 0 Å². The molecule has 8 aromatic carbocycles. The van der Waals surface area contributed by atoms with E-state index in [-0.39, 0.29) is 5.97 Å². The molecule has 2 aromatic heterocycles. The molecule has 0 amide bonds. The van der Waals surface area contributed by atoms with Crippen molar-refractivity contribution in [2.24, 2.45) is 0 Å². The predicted octanol–water partition coefficient (Wildman–Crippen LogP) is 12.8. The van der Waals surface area contributed by atoms with E-state index in [9.17, 15) is 9.59 Å². The van der Waals surface area contributed by atoms with E-state index in [0.29, 0.717) is 22.5 Å². The molecule has 0 unspecified atom stereocenters. The summed E-state index contributed by atoms with van der Waals surface area (Å²) in [4.78, 5) is 23.0. The zero-order chi connectivity index (χ0) is 39.5. The number of carbonyl (C=O) groups is 2. The van der Waals surface area contributed by atoms with Crippen LogP contribution in [0.1, 0.15) is 20.7 Å². The molecule has 2 heterocycles.